The topological polar surface area (TPSA) is 59.8 Å². The molecule has 1 N–H and O–H groups in total. The van der Waals surface area contributed by atoms with Crippen molar-refractivity contribution in [1.82, 2.24) is 20.3 Å². The van der Waals surface area contributed by atoms with Crippen molar-refractivity contribution in [1.29, 1.82) is 0 Å². The third-order valence-corrected chi connectivity index (χ3v) is 3.34. The van der Waals surface area contributed by atoms with Crippen LogP contribution in [-0.2, 0) is 6.54 Å². The van der Waals surface area contributed by atoms with Gasteiger partial charge in [-0.25, -0.2) is 0 Å². The Morgan fingerprint density at radius 3 is 2.50 bits per heavy atom. The molecule has 2 rings (SSSR count). The van der Waals surface area contributed by atoms with Gasteiger partial charge in [0.25, 0.3) is 5.91 Å². The van der Waals surface area contributed by atoms with E-state index < -0.39 is 0 Å². The van der Waals surface area contributed by atoms with E-state index >= 15 is 0 Å². The fraction of sp³-hybridized carbons (Fsp3) is 0.400. The maximum absolute atomic E-state index is 12.3. The van der Waals surface area contributed by atoms with Crippen LogP contribution in [0.1, 0.15) is 29.8 Å². The standard InChI is InChI=1S/C15H20N4O/c1-11(2)14(10-19-16-8-9-17-19)18-15(20)13-7-5-4-6-12(13)3/h4-9,11,14H,10H2,1-3H3,(H,18,20). The van der Waals surface area contributed by atoms with E-state index in [0.717, 1.165) is 5.56 Å². The minimum Gasteiger partial charge on any atom is -0.347 e. The van der Waals surface area contributed by atoms with Gasteiger partial charge in [0, 0.05) is 5.56 Å². The number of aromatic nitrogens is 3. The number of rotatable bonds is 5. The van der Waals surface area contributed by atoms with Gasteiger partial charge >= 0.3 is 0 Å². The molecule has 1 atom stereocenters. The molecule has 0 saturated heterocycles. The molecule has 0 aliphatic rings. The molecule has 5 heteroatoms. The maximum atomic E-state index is 12.3. The molecule has 20 heavy (non-hydrogen) atoms. The molecule has 1 aromatic carbocycles. The summed E-state index contributed by atoms with van der Waals surface area (Å²) in [5, 5.41) is 11.3. The molecule has 5 nitrogen and oxygen atoms in total. The lowest BCUT2D eigenvalue weighted by atomic mass is 10.0. The van der Waals surface area contributed by atoms with Gasteiger partial charge in [0.05, 0.1) is 25.0 Å². The van der Waals surface area contributed by atoms with Crippen molar-refractivity contribution in [2.45, 2.75) is 33.4 Å². The Hall–Kier alpha value is -2.17. The summed E-state index contributed by atoms with van der Waals surface area (Å²) in [6.07, 6.45) is 3.28. The summed E-state index contributed by atoms with van der Waals surface area (Å²) in [5.41, 5.74) is 1.69. The first kappa shape index (κ1) is 14.2. The van der Waals surface area contributed by atoms with Crippen LogP contribution in [-0.4, -0.2) is 26.9 Å². The number of hydrogen-bond acceptors (Lipinski definition) is 3. The van der Waals surface area contributed by atoms with E-state index in [1.54, 1.807) is 17.2 Å². The number of carbonyl (C=O) groups is 1. The summed E-state index contributed by atoms with van der Waals surface area (Å²) < 4.78 is 0. The Balaban J connectivity index is 2.08. The van der Waals surface area contributed by atoms with Crippen molar-refractivity contribution in [3.05, 3.63) is 47.8 Å². The van der Waals surface area contributed by atoms with Gasteiger partial charge in [0.15, 0.2) is 0 Å². The highest BCUT2D eigenvalue weighted by Gasteiger charge is 2.19. The van der Waals surface area contributed by atoms with E-state index in [9.17, 15) is 4.79 Å². The third kappa shape index (κ3) is 3.44. The van der Waals surface area contributed by atoms with Crippen LogP contribution in [0, 0.1) is 12.8 Å². The van der Waals surface area contributed by atoms with Crippen molar-refractivity contribution in [3.8, 4) is 0 Å². The number of benzene rings is 1. The molecule has 0 aliphatic heterocycles. The number of carbonyl (C=O) groups excluding carboxylic acids is 1. The zero-order valence-corrected chi connectivity index (χ0v) is 12.1. The predicted molar refractivity (Wildman–Crippen MR) is 77.3 cm³/mol. The van der Waals surface area contributed by atoms with E-state index in [1.165, 1.54) is 0 Å². The van der Waals surface area contributed by atoms with Crippen LogP contribution in [0.2, 0.25) is 0 Å². The van der Waals surface area contributed by atoms with Gasteiger partial charge in [-0.2, -0.15) is 15.0 Å². The normalized spacial score (nSPS) is 12.4. The highest BCUT2D eigenvalue weighted by atomic mass is 16.1. The highest BCUT2D eigenvalue weighted by molar-refractivity contribution is 5.95. The number of nitrogens with zero attached hydrogens (tertiary/aromatic N) is 3. The van der Waals surface area contributed by atoms with E-state index in [2.05, 4.69) is 29.4 Å². The average molecular weight is 272 g/mol. The lowest BCUT2D eigenvalue weighted by Gasteiger charge is -2.22. The molecule has 0 spiro atoms. The Bertz CT molecular complexity index is 563. The molecule has 0 saturated carbocycles. The first-order valence-corrected chi connectivity index (χ1v) is 6.78. The van der Waals surface area contributed by atoms with Crippen LogP contribution in [0.4, 0.5) is 0 Å². The summed E-state index contributed by atoms with van der Waals surface area (Å²) in [7, 11) is 0. The lowest BCUT2D eigenvalue weighted by Crippen LogP contribution is -2.42. The van der Waals surface area contributed by atoms with Crippen LogP contribution in [0.5, 0.6) is 0 Å². The van der Waals surface area contributed by atoms with Gasteiger partial charge in [-0.3, -0.25) is 4.79 Å². The number of amides is 1. The molecule has 1 heterocycles. The first-order chi connectivity index (χ1) is 9.58. The number of aryl methyl sites for hydroxylation is 1. The number of hydrogen-bond donors (Lipinski definition) is 1. The lowest BCUT2D eigenvalue weighted by molar-refractivity contribution is 0.0917. The largest absolute Gasteiger partial charge is 0.347 e. The molecule has 1 aromatic heterocycles. The van der Waals surface area contributed by atoms with Crippen LogP contribution in [0.3, 0.4) is 0 Å². The van der Waals surface area contributed by atoms with Crippen molar-refractivity contribution < 1.29 is 4.79 Å². The van der Waals surface area contributed by atoms with Gasteiger partial charge in [0.2, 0.25) is 0 Å². The maximum Gasteiger partial charge on any atom is 0.251 e. The quantitative estimate of drug-likeness (QED) is 0.906. The van der Waals surface area contributed by atoms with Crippen molar-refractivity contribution in [2.24, 2.45) is 5.92 Å². The summed E-state index contributed by atoms with van der Waals surface area (Å²) >= 11 is 0. The Labute approximate surface area is 119 Å². The average Bonchev–Trinajstić information content (AvgIpc) is 2.91. The monoisotopic (exact) mass is 272 g/mol. The van der Waals surface area contributed by atoms with Crippen LogP contribution in [0.15, 0.2) is 36.7 Å². The fourth-order valence-corrected chi connectivity index (χ4v) is 2.01. The Kier molecular flexibility index (Phi) is 4.50. The van der Waals surface area contributed by atoms with Gasteiger partial charge < -0.3 is 5.32 Å². The third-order valence-electron chi connectivity index (χ3n) is 3.34. The molecular formula is C15H20N4O. The van der Waals surface area contributed by atoms with Crippen LogP contribution in [0.25, 0.3) is 0 Å². The summed E-state index contributed by atoms with van der Waals surface area (Å²) in [5.74, 6) is 0.253. The second-order valence-electron chi connectivity index (χ2n) is 5.22. The van der Waals surface area contributed by atoms with Gasteiger partial charge in [0.1, 0.15) is 0 Å². The van der Waals surface area contributed by atoms with E-state index in [1.807, 2.05) is 31.2 Å². The first-order valence-electron chi connectivity index (χ1n) is 6.78. The fourth-order valence-electron chi connectivity index (χ4n) is 2.01. The van der Waals surface area contributed by atoms with Crippen molar-refractivity contribution in [2.75, 3.05) is 0 Å². The van der Waals surface area contributed by atoms with Crippen LogP contribution < -0.4 is 5.32 Å². The molecule has 1 amide bonds. The smallest absolute Gasteiger partial charge is 0.251 e. The van der Waals surface area contributed by atoms with E-state index in [0.29, 0.717) is 18.0 Å². The van der Waals surface area contributed by atoms with Gasteiger partial charge in [-0.1, -0.05) is 32.0 Å². The van der Waals surface area contributed by atoms with Gasteiger partial charge in [-0.05, 0) is 24.5 Å². The summed E-state index contributed by atoms with van der Waals surface area (Å²) in [4.78, 5) is 13.9. The summed E-state index contributed by atoms with van der Waals surface area (Å²) in [6.45, 7) is 6.66. The molecule has 0 bridgehead atoms. The SMILES string of the molecule is Cc1ccccc1C(=O)NC(Cn1nccn1)C(C)C. The molecule has 106 valence electrons. The summed E-state index contributed by atoms with van der Waals surface area (Å²) in [6, 6.07) is 7.58. The highest BCUT2D eigenvalue weighted by Crippen LogP contribution is 2.10. The Morgan fingerprint density at radius 2 is 1.90 bits per heavy atom. The zero-order chi connectivity index (χ0) is 14.5. The Morgan fingerprint density at radius 1 is 1.25 bits per heavy atom. The zero-order valence-electron chi connectivity index (χ0n) is 12.1. The number of nitrogens with one attached hydrogen (secondary N) is 1. The molecule has 1 unspecified atom stereocenters. The molecule has 0 radical (unpaired) electrons. The minimum atomic E-state index is -0.0473. The van der Waals surface area contributed by atoms with Crippen LogP contribution >= 0.6 is 0 Å². The second kappa shape index (κ2) is 6.32. The minimum absolute atomic E-state index is 0.00509. The molecular weight excluding hydrogens is 252 g/mol. The molecule has 0 fully saturated rings. The van der Waals surface area contributed by atoms with Crippen molar-refractivity contribution in [3.63, 3.8) is 0 Å². The molecule has 0 aliphatic carbocycles. The second-order valence-corrected chi connectivity index (χ2v) is 5.22. The van der Waals surface area contributed by atoms with E-state index in [4.69, 9.17) is 0 Å². The predicted octanol–water partition coefficient (Wildman–Crippen LogP) is 2.04. The van der Waals surface area contributed by atoms with Gasteiger partial charge in [-0.15, -0.1) is 0 Å². The van der Waals surface area contributed by atoms with Crippen molar-refractivity contribution >= 4 is 5.91 Å². The molecule has 2 aromatic rings. The van der Waals surface area contributed by atoms with E-state index in [-0.39, 0.29) is 11.9 Å².